The zero-order valence-corrected chi connectivity index (χ0v) is 16.0. The SMILES string of the molecule is CCN(CC)CCCC(C)NC(=O)C(N)c1ccccc1.Cl.Cl. The maximum atomic E-state index is 12.1. The van der Waals surface area contributed by atoms with Gasteiger partial charge < -0.3 is 16.0 Å². The topological polar surface area (TPSA) is 58.4 Å². The summed E-state index contributed by atoms with van der Waals surface area (Å²) in [5.74, 6) is -0.100. The molecule has 1 rings (SSSR count). The predicted octanol–water partition coefficient (Wildman–Crippen LogP) is 3.16. The monoisotopic (exact) mass is 363 g/mol. The fourth-order valence-corrected chi connectivity index (χ4v) is 2.38. The summed E-state index contributed by atoms with van der Waals surface area (Å²) in [5, 5.41) is 3.01. The van der Waals surface area contributed by atoms with E-state index in [4.69, 9.17) is 5.73 Å². The summed E-state index contributed by atoms with van der Waals surface area (Å²) >= 11 is 0. The van der Waals surface area contributed by atoms with Gasteiger partial charge >= 0.3 is 0 Å². The van der Waals surface area contributed by atoms with Gasteiger partial charge in [0.05, 0.1) is 0 Å². The number of benzene rings is 1. The quantitative estimate of drug-likeness (QED) is 0.708. The minimum absolute atomic E-state index is 0. The highest BCUT2D eigenvalue weighted by molar-refractivity contribution is 5.85. The summed E-state index contributed by atoms with van der Waals surface area (Å²) in [4.78, 5) is 14.5. The van der Waals surface area contributed by atoms with E-state index in [1.165, 1.54) is 0 Å². The number of rotatable bonds is 9. The van der Waals surface area contributed by atoms with Crippen molar-refractivity contribution >= 4 is 30.7 Å². The van der Waals surface area contributed by atoms with Crippen molar-refractivity contribution in [2.45, 2.75) is 45.7 Å². The Labute approximate surface area is 153 Å². The molecule has 0 bridgehead atoms. The summed E-state index contributed by atoms with van der Waals surface area (Å²) < 4.78 is 0. The van der Waals surface area contributed by atoms with E-state index in [-0.39, 0.29) is 36.8 Å². The number of nitrogens with two attached hydrogens (primary N) is 1. The van der Waals surface area contributed by atoms with Gasteiger partial charge in [0.15, 0.2) is 0 Å². The minimum Gasteiger partial charge on any atom is -0.352 e. The van der Waals surface area contributed by atoms with E-state index in [0.29, 0.717) is 0 Å². The first-order valence-electron chi connectivity index (χ1n) is 7.91. The van der Waals surface area contributed by atoms with Crippen LogP contribution >= 0.6 is 24.8 Å². The smallest absolute Gasteiger partial charge is 0.241 e. The number of nitrogens with zero attached hydrogens (tertiary/aromatic N) is 1. The van der Waals surface area contributed by atoms with Gasteiger partial charge in [-0.2, -0.15) is 0 Å². The van der Waals surface area contributed by atoms with Gasteiger partial charge in [0.2, 0.25) is 5.91 Å². The lowest BCUT2D eigenvalue weighted by Gasteiger charge is -2.21. The average Bonchev–Trinajstić information content (AvgIpc) is 2.51. The van der Waals surface area contributed by atoms with Crippen molar-refractivity contribution in [1.82, 2.24) is 10.2 Å². The summed E-state index contributed by atoms with van der Waals surface area (Å²) in [5.41, 5.74) is 6.84. The molecule has 0 radical (unpaired) electrons. The zero-order chi connectivity index (χ0) is 15.7. The third-order valence-electron chi connectivity index (χ3n) is 3.84. The number of carbonyl (C=O) groups excluding carboxylic acids is 1. The molecule has 0 saturated carbocycles. The fraction of sp³-hybridized carbons (Fsp3) is 0.588. The Kier molecular flexibility index (Phi) is 14.5. The summed E-state index contributed by atoms with van der Waals surface area (Å²) in [6.07, 6.45) is 2.06. The Bertz CT molecular complexity index is 414. The van der Waals surface area contributed by atoms with E-state index < -0.39 is 6.04 Å². The molecule has 0 heterocycles. The standard InChI is InChI=1S/C17H29N3O.2ClH/c1-4-20(5-2)13-9-10-14(3)19-17(21)16(18)15-11-7-6-8-12-15;;/h6-8,11-12,14,16H,4-5,9-10,13,18H2,1-3H3,(H,19,21);2*1H. The Morgan fingerprint density at radius 3 is 2.26 bits per heavy atom. The van der Waals surface area contributed by atoms with Crippen LogP contribution in [0.1, 0.15) is 45.2 Å². The molecular formula is C17H31Cl2N3O. The van der Waals surface area contributed by atoms with Crippen molar-refractivity contribution in [3.8, 4) is 0 Å². The molecular weight excluding hydrogens is 333 g/mol. The van der Waals surface area contributed by atoms with Crippen molar-refractivity contribution in [3.05, 3.63) is 35.9 Å². The molecule has 23 heavy (non-hydrogen) atoms. The molecule has 1 aromatic rings. The second-order valence-corrected chi connectivity index (χ2v) is 5.47. The molecule has 0 aliphatic carbocycles. The van der Waals surface area contributed by atoms with Crippen LogP contribution in [0.25, 0.3) is 0 Å². The van der Waals surface area contributed by atoms with Crippen molar-refractivity contribution in [2.75, 3.05) is 19.6 Å². The first-order chi connectivity index (χ1) is 10.1. The highest BCUT2D eigenvalue weighted by Crippen LogP contribution is 2.10. The first kappa shape index (κ1) is 24.4. The molecule has 0 aliphatic rings. The molecule has 0 spiro atoms. The van der Waals surface area contributed by atoms with E-state index in [1.54, 1.807) is 0 Å². The number of halogens is 2. The van der Waals surface area contributed by atoms with E-state index in [2.05, 4.69) is 24.1 Å². The summed E-state index contributed by atoms with van der Waals surface area (Å²) in [7, 11) is 0. The van der Waals surface area contributed by atoms with Crippen molar-refractivity contribution in [1.29, 1.82) is 0 Å². The van der Waals surface area contributed by atoms with Gasteiger partial charge in [-0.3, -0.25) is 4.79 Å². The highest BCUT2D eigenvalue weighted by Gasteiger charge is 2.17. The Balaban J connectivity index is 0. The van der Waals surface area contributed by atoms with Gasteiger partial charge in [0, 0.05) is 6.04 Å². The molecule has 0 aliphatic heterocycles. The molecule has 1 aromatic carbocycles. The maximum Gasteiger partial charge on any atom is 0.241 e. The molecule has 3 N–H and O–H groups in total. The van der Waals surface area contributed by atoms with Crippen LogP contribution < -0.4 is 11.1 Å². The highest BCUT2D eigenvalue weighted by atomic mass is 35.5. The van der Waals surface area contributed by atoms with Gasteiger partial charge in [-0.15, -0.1) is 24.8 Å². The van der Waals surface area contributed by atoms with E-state index in [0.717, 1.165) is 38.0 Å². The van der Waals surface area contributed by atoms with Crippen LogP contribution in [0.4, 0.5) is 0 Å². The predicted molar refractivity (Wildman–Crippen MR) is 102 cm³/mol. The maximum absolute atomic E-state index is 12.1. The van der Waals surface area contributed by atoms with Crippen LogP contribution in [0.15, 0.2) is 30.3 Å². The Morgan fingerprint density at radius 2 is 1.74 bits per heavy atom. The van der Waals surface area contributed by atoms with Crippen LogP contribution in [0.2, 0.25) is 0 Å². The second kappa shape index (κ2) is 13.6. The number of hydrogen-bond donors (Lipinski definition) is 2. The molecule has 0 fully saturated rings. The number of carbonyl (C=O) groups is 1. The van der Waals surface area contributed by atoms with Gasteiger partial charge in [0.25, 0.3) is 0 Å². The van der Waals surface area contributed by atoms with E-state index in [1.807, 2.05) is 37.3 Å². The van der Waals surface area contributed by atoms with Crippen molar-refractivity contribution in [3.63, 3.8) is 0 Å². The minimum atomic E-state index is -0.587. The van der Waals surface area contributed by atoms with Gasteiger partial charge in [0.1, 0.15) is 6.04 Å². The summed E-state index contributed by atoms with van der Waals surface area (Å²) in [6.45, 7) is 9.63. The largest absolute Gasteiger partial charge is 0.352 e. The molecule has 0 saturated heterocycles. The number of nitrogens with one attached hydrogen (secondary N) is 1. The third-order valence-corrected chi connectivity index (χ3v) is 3.84. The molecule has 2 unspecified atom stereocenters. The van der Waals surface area contributed by atoms with Crippen molar-refractivity contribution in [2.24, 2.45) is 5.73 Å². The van der Waals surface area contributed by atoms with Crippen LogP contribution in [0, 0.1) is 0 Å². The number of amides is 1. The van der Waals surface area contributed by atoms with Gasteiger partial charge in [-0.25, -0.2) is 0 Å². The molecule has 134 valence electrons. The van der Waals surface area contributed by atoms with Crippen molar-refractivity contribution < 1.29 is 4.79 Å². The first-order valence-corrected chi connectivity index (χ1v) is 7.91. The van der Waals surface area contributed by atoms with E-state index in [9.17, 15) is 4.79 Å². The lowest BCUT2D eigenvalue weighted by molar-refractivity contribution is -0.123. The van der Waals surface area contributed by atoms with Crippen LogP contribution in [0.5, 0.6) is 0 Å². The van der Waals surface area contributed by atoms with Gasteiger partial charge in [-0.05, 0) is 45.0 Å². The lowest BCUT2D eigenvalue weighted by atomic mass is 10.1. The molecule has 4 nitrogen and oxygen atoms in total. The third kappa shape index (κ3) is 9.16. The normalized spacial score (nSPS) is 12.7. The van der Waals surface area contributed by atoms with Crippen LogP contribution in [0.3, 0.4) is 0 Å². The van der Waals surface area contributed by atoms with Gasteiger partial charge in [-0.1, -0.05) is 44.2 Å². The molecule has 1 amide bonds. The van der Waals surface area contributed by atoms with Crippen LogP contribution in [-0.4, -0.2) is 36.5 Å². The average molecular weight is 364 g/mol. The Hall–Kier alpha value is -0.810. The zero-order valence-electron chi connectivity index (χ0n) is 14.3. The fourth-order valence-electron chi connectivity index (χ4n) is 2.38. The lowest BCUT2D eigenvalue weighted by Crippen LogP contribution is -2.39. The molecule has 2 atom stereocenters. The van der Waals surface area contributed by atoms with Crippen LogP contribution in [-0.2, 0) is 4.79 Å². The molecule has 0 aromatic heterocycles. The second-order valence-electron chi connectivity index (χ2n) is 5.47. The number of hydrogen-bond acceptors (Lipinski definition) is 3. The van der Waals surface area contributed by atoms with E-state index >= 15 is 0 Å². The Morgan fingerprint density at radius 1 is 1.17 bits per heavy atom. The summed E-state index contributed by atoms with van der Waals surface area (Å²) in [6, 6.07) is 9.06. The molecule has 6 heteroatoms.